The monoisotopic (exact) mass is 515 g/mol. The number of carbonyl (C=O) groups excluding carboxylic acids is 1. The first-order valence-corrected chi connectivity index (χ1v) is 11.2. The SMILES string of the molecule is Cc1ccc(-n2c(SCC(=O)Nc3c(F)cc(F)cc3Br)nnc2-c2ccncc2)cc1. The maximum Gasteiger partial charge on any atom is 0.234 e. The smallest absolute Gasteiger partial charge is 0.234 e. The van der Waals surface area contributed by atoms with Gasteiger partial charge in [0.05, 0.1) is 11.4 Å². The summed E-state index contributed by atoms with van der Waals surface area (Å²) >= 11 is 4.22. The molecule has 0 aliphatic heterocycles. The van der Waals surface area contributed by atoms with Crippen molar-refractivity contribution in [1.29, 1.82) is 0 Å². The minimum absolute atomic E-state index is 0.0520. The zero-order chi connectivity index (χ0) is 22.7. The number of aryl methyl sites for hydroxylation is 1. The minimum Gasteiger partial charge on any atom is -0.322 e. The van der Waals surface area contributed by atoms with Crippen LogP contribution in [-0.2, 0) is 4.79 Å². The molecule has 4 aromatic rings. The largest absolute Gasteiger partial charge is 0.322 e. The van der Waals surface area contributed by atoms with Gasteiger partial charge >= 0.3 is 0 Å². The Balaban J connectivity index is 1.59. The molecule has 2 aromatic heterocycles. The third-order valence-corrected chi connectivity index (χ3v) is 6.02. The lowest BCUT2D eigenvalue weighted by Gasteiger charge is -2.11. The van der Waals surface area contributed by atoms with Gasteiger partial charge in [0, 0.05) is 34.2 Å². The Morgan fingerprint density at radius 3 is 2.50 bits per heavy atom. The van der Waals surface area contributed by atoms with Crippen molar-refractivity contribution in [2.45, 2.75) is 12.1 Å². The number of carbonyl (C=O) groups is 1. The number of halogens is 3. The van der Waals surface area contributed by atoms with E-state index in [1.165, 1.54) is 0 Å². The summed E-state index contributed by atoms with van der Waals surface area (Å²) in [5, 5.41) is 11.5. The van der Waals surface area contributed by atoms with Gasteiger partial charge in [0.25, 0.3) is 0 Å². The highest BCUT2D eigenvalue weighted by molar-refractivity contribution is 9.10. The lowest BCUT2D eigenvalue weighted by Crippen LogP contribution is -2.16. The van der Waals surface area contributed by atoms with Gasteiger partial charge in [0.15, 0.2) is 16.8 Å². The third kappa shape index (κ3) is 4.86. The van der Waals surface area contributed by atoms with Crippen LogP contribution in [0.4, 0.5) is 14.5 Å². The number of nitrogens with zero attached hydrogens (tertiary/aromatic N) is 4. The van der Waals surface area contributed by atoms with Gasteiger partial charge in [0.1, 0.15) is 5.82 Å². The molecule has 162 valence electrons. The summed E-state index contributed by atoms with van der Waals surface area (Å²) in [4.78, 5) is 16.5. The number of pyridine rings is 1. The lowest BCUT2D eigenvalue weighted by molar-refractivity contribution is -0.113. The fraction of sp³-hybridized carbons (Fsp3) is 0.0909. The third-order valence-electron chi connectivity index (χ3n) is 4.47. The van der Waals surface area contributed by atoms with E-state index in [1.54, 1.807) is 12.4 Å². The molecule has 0 aliphatic carbocycles. The molecule has 0 fully saturated rings. The predicted octanol–water partition coefficient (Wildman–Crippen LogP) is 5.41. The molecular formula is C22H16BrF2N5OS. The van der Waals surface area contributed by atoms with Crippen LogP contribution in [0, 0.1) is 18.6 Å². The van der Waals surface area contributed by atoms with Gasteiger partial charge in [0.2, 0.25) is 5.91 Å². The quantitative estimate of drug-likeness (QED) is 0.347. The second-order valence-electron chi connectivity index (χ2n) is 6.79. The second-order valence-corrected chi connectivity index (χ2v) is 8.59. The molecule has 0 radical (unpaired) electrons. The Hall–Kier alpha value is -3.11. The molecule has 0 atom stereocenters. The normalized spacial score (nSPS) is 10.9. The number of thioether (sulfide) groups is 1. The summed E-state index contributed by atoms with van der Waals surface area (Å²) in [5.74, 6) is -1.52. The Labute approximate surface area is 195 Å². The van der Waals surface area contributed by atoms with Crippen LogP contribution in [0.3, 0.4) is 0 Å². The molecule has 0 saturated heterocycles. The number of amides is 1. The molecule has 0 aliphatic rings. The van der Waals surface area contributed by atoms with Crippen molar-refractivity contribution in [2.75, 3.05) is 11.1 Å². The fourth-order valence-electron chi connectivity index (χ4n) is 2.95. The van der Waals surface area contributed by atoms with Gasteiger partial charge in [-0.2, -0.15) is 0 Å². The molecule has 0 unspecified atom stereocenters. The maximum atomic E-state index is 14.0. The summed E-state index contributed by atoms with van der Waals surface area (Å²) in [5.41, 5.74) is 2.64. The molecule has 32 heavy (non-hydrogen) atoms. The van der Waals surface area contributed by atoms with Gasteiger partial charge in [-0.15, -0.1) is 10.2 Å². The van der Waals surface area contributed by atoms with Gasteiger partial charge in [-0.3, -0.25) is 14.3 Å². The van der Waals surface area contributed by atoms with Gasteiger partial charge in [-0.1, -0.05) is 29.5 Å². The zero-order valence-corrected chi connectivity index (χ0v) is 19.1. The molecule has 4 rings (SSSR count). The molecule has 6 nitrogen and oxygen atoms in total. The number of anilines is 1. The molecule has 0 spiro atoms. The van der Waals surface area contributed by atoms with E-state index in [0.29, 0.717) is 17.0 Å². The van der Waals surface area contributed by atoms with Crippen LogP contribution in [0.1, 0.15) is 5.56 Å². The van der Waals surface area contributed by atoms with E-state index in [4.69, 9.17) is 0 Å². The van der Waals surface area contributed by atoms with Crippen LogP contribution in [0.5, 0.6) is 0 Å². The van der Waals surface area contributed by atoms with Gasteiger partial charge in [-0.05, 0) is 53.2 Å². The molecule has 0 bridgehead atoms. The number of benzene rings is 2. The van der Waals surface area contributed by atoms with Crippen molar-refractivity contribution >= 4 is 39.3 Å². The molecule has 1 amide bonds. The van der Waals surface area contributed by atoms with Crippen LogP contribution in [0.25, 0.3) is 17.1 Å². The summed E-state index contributed by atoms with van der Waals surface area (Å²) in [6.45, 7) is 1.99. The van der Waals surface area contributed by atoms with Gasteiger partial charge in [-0.25, -0.2) is 8.78 Å². The molecule has 2 aromatic carbocycles. The van der Waals surface area contributed by atoms with Crippen molar-refractivity contribution in [3.63, 3.8) is 0 Å². The Morgan fingerprint density at radius 1 is 1.09 bits per heavy atom. The zero-order valence-electron chi connectivity index (χ0n) is 16.7. The standard InChI is InChI=1S/C22H16BrF2N5OS/c1-13-2-4-16(5-3-13)30-21(14-6-8-26-9-7-14)28-29-22(30)32-12-19(31)27-20-17(23)10-15(24)11-18(20)25/h2-11H,12H2,1H3,(H,27,31). The highest BCUT2D eigenvalue weighted by Gasteiger charge is 2.18. The average molecular weight is 516 g/mol. The van der Waals surface area contributed by atoms with E-state index in [-0.39, 0.29) is 15.9 Å². The maximum absolute atomic E-state index is 14.0. The van der Waals surface area contributed by atoms with Crippen LogP contribution in [-0.4, -0.2) is 31.4 Å². The van der Waals surface area contributed by atoms with E-state index < -0.39 is 17.5 Å². The predicted molar refractivity (Wildman–Crippen MR) is 123 cm³/mol. The van der Waals surface area contributed by atoms with Crippen LogP contribution < -0.4 is 5.32 Å². The van der Waals surface area contributed by atoms with E-state index in [2.05, 4.69) is 36.4 Å². The first-order chi connectivity index (χ1) is 15.4. The highest BCUT2D eigenvalue weighted by atomic mass is 79.9. The Morgan fingerprint density at radius 2 is 1.81 bits per heavy atom. The molecule has 10 heteroatoms. The summed E-state index contributed by atoms with van der Waals surface area (Å²) in [6.07, 6.45) is 3.33. The first-order valence-electron chi connectivity index (χ1n) is 9.42. The van der Waals surface area contributed by atoms with Crippen LogP contribution in [0.2, 0.25) is 0 Å². The fourth-order valence-corrected chi connectivity index (χ4v) is 4.20. The number of hydrogen-bond donors (Lipinski definition) is 1. The van der Waals surface area contributed by atoms with Crippen LogP contribution >= 0.6 is 27.7 Å². The van der Waals surface area contributed by atoms with E-state index in [9.17, 15) is 13.6 Å². The number of rotatable bonds is 6. The Bertz CT molecular complexity index is 1240. The van der Waals surface area contributed by atoms with Crippen molar-refractivity contribution in [3.05, 3.63) is 82.6 Å². The van der Waals surface area contributed by atoms with Crippen molar-refractivity contribution in [1.82, 2.24) is 19.7 Å². The molecule has 2 heterocycles. The number of nitrogens with one attached hydrogen (secondary N) is 1. The van der Waals surface area contributed by atoms with E-state index in [0.717, 1.165) is 34.6 Å². The van der Waals surface area contributed by atoms with Crippen LogP contribution in [0.15, 0.2) is 70.6 Å². The first kappa shape index (κ1) is 22.1. The van der Waals surface area contributed by atoms with E-state index in [1.807, 2.05) is 47.9 Å². The Kier molecular flexibility index (Phi) is 6.61. The van der Waals surface area contributed by atoms with Gasteiger partial charge < -0.3 is 5.32 Å². The number of hydrogen-bond acceptors (Lipinski definition) is 5. The number of aromatic nitrogens is 4. The highest BCUT2D eigenvalue weighted by Crippen LogP contribution is 2.29. The van der Waals surface area contributed by atoms with Crippen molar-refractivity contribution < 1.29 is 13.6 Å². The minimum atomic E-state index is -0.863. The summed E-state index contributed by atoms with van der Waals surface area (Å²) in [7, 11) is 0. The molecular weight excluding hydrogens is 500 g/mol. The average Bonchev–Trinajstić information content (AvgIpc) is 3.20. The molecule has 0 saturated carbocycles. The summed E-state index contributed by atoms with van der Waals surface area (Å²) < 4.78 is 29.3. The summed E-state index contributed by atoms with van der Waals surface area (Å²) in [6, 6.07) is 13.3. The lowest BCUT2D eigenvalue weighted by atomic mass is 10.2. The second kappa shape index (κ2) is 9.58. The topological polar surface area (TPSA) is 72.7 Å². The van der Waals surface area contributed by atoms with Crippen molar-refractivity contribution in [2.24, 2.45) is 0 Å². The molecule has 1 N–H and O–H groups in total. The van der Waals surface area contributed by atoms with E-state index >= 15 is 0 Å². The van der Waals surface area contributed by atoms with Crippen molar-refractivity contribution in [3.8, 4) is 17.1 Å².